The standard InChI is InChI=1S/C11H22O/c1-4-9(3)6-10(5-2)11-7-12-8-11/h9-11H,4-8H2,1-3H3. The predicted octanol–water partition coefficient (Wildman–Crippen LogP) is 3.10. The number of ether oxygens (including phenoxy) is 1. The van der Waals surface area contributed by atoms with E-state index in [0.29, 0.717) is 0 Å². The van der Waals surface area contributed by atoms with Gasteiger partial charge in [-0.25, -0.2) is 0 Å². The highest BCUT2D eigenvalue weighted by atomic mass is 16.5. The maximum Gasteiger partial charge on any atom is 0.0519 e. The van der Waals surface area contributed by atoms with Crippen LogP contribution in [0.4, 0.5) is 0 Å². The topological polar surface area (TPSA) is 9.23 Å². The van der Waals surface area contributed by atoms with Crippen LogP contribution < -0.4 is 0 Å². The van der Waals surface area contributed by atoms with Crippen LogP contribution in [0.5, 0.6) is 0 Å². The van der Waals surface area contributed by atoms with E-state index in [9.17, 15) is 0 Å². The Labute approximate surface area is 76.5 Å². The number of rotatable bonds is 5. The Hall–Kier alpha value is -0.0400. The average Bonchev–Trinajstić information content (AvgIpc) is 1.99. The molecule has 1 fully saturated rings. The van der Waals surface area contributed by atoms with E-state index in [1.807, 2.05) is 0 Å². The van der Waals surface area contributed by atoms with Crippen LogP contribution >= 0.6 is 0 Å². The van der Waals surface area contributed by atoms with Gasteiger partial charge in [-0.05, 0) is 18.3 Å². The van der Waals surface area contributed by atoms with Crippen LogP contribution in [-0.4, -0.2) is 13.2 Å². The quantitative estimate of drug-likeness (QED) is 0.616. The second-order valence-corrected chi connectivity index (χ2v) is 4.21. The summed E-state index contributed by atoms with van der Waals surface area (Å²) >= 11 is 0. The van der Waals surface area contributed by atoms with Crippen LogP contribution in [0.15, 0.2) is 0 Å². The third-order valence-corrected chi connectivity index (χ3v) is 3.26. The van der Waals surface area contributed by atoms with Crippen LogP contribution in [0.1, 0.15) is 40.0 Å². The van der Waals surface area contributed by atoms with Gasteiger partial charge in [0.15, 0.2) is 0 Å². The summed E-state index contributed by atoms with van der Waals surface area (Å²) in [5, 5.41) is 0. The van der Waals surface area contributed by atoms with Crippen LogP contribution in [0, 0.1) is 17.8 Å². The first-order valence-electron chi connectivity index (χ1n) is 5.35. The largest absolute Gasteiger partial charge is 0.381 e. The van der Waals surface area contributed by atoms with Crippen molar-refractivity contribution in [2.24, 2.45) is 17.8 Å². The summed E-state index contributed by atoms with van der Waals surface area (Å²) in [5.41, 5.74) is 0. The minimum Gasteiger partial charge on any atom is -0.381 e. The first kappa shape index (κ1) is 10.0. The molecule has 1 rings (SSSR count). The molecule has 2 unspecified atom stereocenters. The van der Waals surface area contributed by atoms with Crippen LogP contribution in [0.3, 0.4) is 0 Å². The minimum absolute atomic E-state index is 0.879. The van der Waals surface area contributed by atoms with Gasteiger partial charge in [0, 0.05) is 5.92 Å². The van der Waals surface area contributed by atoms with Crippen molar-refractivity contribution in [2.75, 3.05) is 13.2 Å². The minimum atomic E-state index is 0.879. The molecule has 0 aromatic heterocycles. The third kappa shape index (κ3) is 2.48. The molecule has 0 amide bonds. The summed E-state index contributed by atoms with van der Waals surface area (Å²) < 4.78 is 5.23. The Kier molecular flexibility index (Phi) is 4.07. The van der Waals surface area contributed by atoms with Crippen LogP contribution in [0.2, 0.25) is 0 Å². The van der Waals surface area contributed by atoms with Crippen molar-refractivity contribution < 1.29 is 4.74 Å². The number of hydrogen-bond donors (Lipinski definition) is 0. The fraction of sp³-hybridized carbons (Fsp3) is 1.00. The number of hydrogen-bond acceptors (Lipinski definition) is 1. The molecule has 12 heavy (non-hydrogen) atoms. The zero-order valence-corrected chi connectivity index (χ0v) is 8.68. The summed E-state index contributed by atoms with van der Waals surface area (Å²) in [6.45, 7) is 9.01. The highest BCUT2D eigenvalue weighted by Crippen LogP contribution is 2.29. The first-order valence-corrected chi connectivity index (χ1v) is 5.35. The first-order chi connectivity index (χ1) is 5.77. The molecule has 1 saturated heterocycles. The Morgan fingerprint density at radius 2 is 1.92 bits per heavy atom. The van der Waals surface area contributed by atoms with E-state index in [1.165, 1.54) is 19.3 Å². The Morgan fingerprint density at radius 1 is 1.25 bits per heavy atom. The molecule has 1 nitrogen and oxygen atoms in total. The van der Waals surface area contributed by atoms with Crippen molar-refractivity contribution in [1.29, 1.82) is 0 Å². The lowest BCUT2D eigenvalue weighted by Crippen LogP contribution is -2.34. The van der Waals surface area contributed by atoms with Gasteiger partial charge in [-0.3, -0.25) is 0 Å². The molecule has 1 heterocycles. The van der Waals surface area contributed by atoms with Gasteiger partial charge in [-0.2, -0.15) is 0 Å². The Bertz CT molecular complexity index is 118. The van der Waals surface area contributed by atoms with Crippen molar-refractivity contribution in [1.82, 2.24) is 0 Å². The Balaban J connectivity index is 2.24. The van der Waals surface area contributed by atoms with Crippen molar-refractivity contribution in [3.05, 3.63) is 0 Å². The molecule has 0 bridgehead atoms. The van der Waals surface area contributed by atoms with E-state index < -0.39 is 0 Å². The molecular weight excluding hydrogens is 148 g/mol. The molecule has 1 heteroatoms. The maximum absolute atomic E-state index is 5.23. The second kappa shape index (κ2) is 4.86. The molecule has 0 aromatic carbocycles. The highest BCUT2D eigenvalue weighted by molar-refractivity contribution is 4.75. The molecule has 0 spiro atoms. The van der Waals surface area contributed by atoms with Gasteiger partial charge < -0.3 is 4.74 Å². The van der Waals surface area contributed by atoms with Crippen LogP contribution in [0.25, 0.3) is 0 Å². The molecule has 1 aliphatic rings. The van der Waals surface area contributed by atoms with Gasteiger partial charge in [-0.15, -0.1) is 0 Å². The lowest BCUT2D eigenvalue weighted by Gasteiger charge is -2.34. The van der Waals surface area contributed by atoms with E-state index in [2.05, 4.69) is 20.8 Å². The average molecular weight is 170 g/mol. The van der Waals surface area contributed by atoms with E-state index in [4.69, 9.17) is 4.74 Å². The molecule has 0 aromatic rings. The molecule has 2 atom stereocenters. The normalized spacial score (nSPS) is 23.2. The zero-order chi connectivity index (χ0) is 8.97. The smallest absolute Gasteiger partial charge is 0.0519 e. The van der Waals surface area contributed by atoms with Gasteiger partial charge in [0.25, 0.3) is 0 Å². The SMILES string of the molecule is CCC(C)CC(CC)C1COC1. The highest BCUT2D eigenvalue weighted by Gasteiger charge is 2.27. The third-order valence-electron chi connectivity index (χ3n) is 3.26. The van der Waals surface area contributed by atoms with E-state index in [1.54, 1.807) is 0 Å². The molecule has 1 aliphatic heterocycles. The summed E-state index contributed by atoms with van der Waals surface area (Å²) in [7, 11) is 0. The molecule has 0 N–H and O–H groups in total. The van der Waals surface area contributed by atoms with E-state index >= 15 is 0 Å². The lowest BCUT2D eigenvalue weighted by molar-refractivity contribution is -0.0656. The molecule has 0 aliphatic carbocycles. The summed E-state index contributed by atoms with van der Waals surface area (Å²) in [4.78, 5) is 0. The maximum atomic E-state index is 5.23. The zero-order valence-electron chi connectivity index (χ0n) is 8.68. The van der Waals surface area contributed by atoms with Gasteiger partial charge in [0.2, 0.25) is 0 Å². The van der Waals surface area contributed by atoms with E-state index in [-0.39, 0.29) is 0 Å². The second-order valence-electron chi connectivity index (χ2n) is 4.21. The van der Waals surface area contributed by atoms with Crippen molar-refractivity contribution in [3.63, 3.8) is 0 Å². The fourth-order valence-corrected chi connectivity index (χ4v) is 1.90. The summed E-state index contributed by atoms with van der Waals surface area (Å²) in [6.07, 6.45) is 4.06. The molecule has 0 radical (unpaired) electrons. The van der Waals surface area contributed by atoms with Crippen molar-refractivity contribution >= 4 is 0 Å². The van der Waals surface area contributed by atoms with Crippen LogP contribution in [-0.2, 0) is 4.74 Å². The molecular formula is C11H22O. The summed E-state index contributed by atoms with van der Waals surface area (Å²) in [5.74, 6) is 2.70. The van der Waals surface area contributed by atoms with E-state index in [0.717, 1.165) is 31.0 Å². The molecule has 0 saturated carbocycles. The predicted molar refractivity (Wildman–Crippen MR) is 52.2 cm³/mol. The lowest BCUT2D eigenvalue weighted by atomic mass is 9.81. The van der Waals surface area contributed by atoms with Gasteiger partial charge >= 0.3 is 0 Å². The summed E-state index contributed by atoms with van der Waals surface area (Å²) in [6, 6.07) is 0. The monoisotopic (exact) mass is 170 g/mol. The van der Waals surface area contributed by atoms with Gasteiger partial charge in [0.1, 0.15) is 0 Å². The van der Waals surface area contributed by atoms with Crippen molar-refractivity contribution in [3.8, 4) is 0 Å². The Morgan fingerprint density at radius 3 is 2.25 bits per heavy atom. The fourth-order valence-electron chi connectivity index (χ4n) is 1.90. The molecule has 72 valence electrons. The van der Waals surface area contributed by atoms with Gasteiger partial charge in [-0.1, -0.05) is 33.6 Å². The van der Waals surface area contributed by atoms with Crippen molar-refractivity contribution in [2.45, 2.75) is 40.0 Å². The van der Waals surface area contributed by atoms with Gasteiger partial charge in [0.05, 0.1) is 13.2 Å².